The molecular weight excluding hydrogens is 328 g/mol. The lowest BCUT2D eigenvalue weighted by molar-refractivity contribution is -0.112. The molecule has 0 aromatic heterocycles. The molecule has 0 bridgehead atoms. The van der Waals surface area contributed by atoms with E-state index in [9.17, 15) is 10.1 Å². The van der Waals surface area contributed by atoms with Crippen LogP contribution in [0.1, 0.15) is 25.0 Å². The van der Waals surface area contributed by atoms with Gasteiger partial charge in [-0.05, 0) is 50.6 Å². The Kier molecular flexibility index (Phi) is 6.40. The fraction of sp³-hybridized carbons (Fsp3) is 0.238. The molecule has 1 amide bonds. The molecule has 0 spiro atoms. The molecule has 0 atom stereocenters. The Morgan fingerprint density at radius 1 is 1.23 bits per heavy atom. The number of benzene rings is 2. The Bertz CT molecular complexity index is 864. The monoisotopic (exact) mass is 350 g/mol. The summed E-state index contributed by atoms with van der Waals surface area (Å²) in [6.45, 7) is 5.73. The molecule has 0 aliphatic rings. The lowest BCUT2D eigenvalue weighted by Gasteiger charge is -2.16. The molecule has 0 radical (unpaired) electrons. The molecule has 1 N–H and O–H groups in total. The molecule has 5 heteroatoms. The van der Waals surface area contributed by atoms with Gasteiger partial charge < -0.3 is 14.8 Å². The smallest absolute Gasteiger partial charge is 0.266 e. The predicted octanol–water partition coefficient (Wildman–Crippen LogP) is 4.34. The van der Waals surface area contributed by atoms with Crippen LogP contribution >= 0.6 is 0 Å². The molecule has 0 fully saturated rings. The summed E-state index contributed by atoms with van der Waals surface area (Å²) < 4.78 is 11.1. The van der Waals surface area contributed by atoms with E-state index in [-0.39, 0.29) is 11.7 Å². The predicted molar refractivity (Wildman–Crippen MR) is 102 cm³/mol. The van der Waals surface area contributed by atoms with E-state index in [1.807, 2.05) is 45.0 Å². The van der Waals surface area contributed by atoms with E-state index in [1.165, 1.54) is 6.08 Å². The third-order valence-corrected chi connectivity index (χ3v) is 3.52. The van der Waals surface area contributed by atoms with Gasteiger partial charge in [0.1, 0.15) is 11.6 Å². The second-order valence-corrected chi connectivity index (χ2v) is 6.04. The van der Waals surface area contributed by atoms with Gasteiger partial charge in [0.2, 0.25) is 0 Å². The maximum absolute atomic E-state index is 12.5. The van der Waals surface area contributed by atoms with Crippen molar-refractivity contribution in [2.75, 3.05) is 12.4 Å². The molecule has 134 valence electrons. The first-order valence-electron chi connectivity index (χ1n) is 8.28. The van der Waals surface area contributed by atoms with Crippen molar-refractivity contribution in [3.8, 4) is 17.6 Å². The van der Waals surface area contributed by atoms with Crippen LogP contribution in [-0.2, 0) is 4.79 Å². The van der Waals surface area contributed by atoms with Crippen LogP contribution in [0.3, 0.4) is 0 Å². The maximum atomic E-state index is 12.5. The zero-order valence-electron chi connectivity index (χ0n) is 15.4. The number of rotatable bonds is 6. The number of aryl methyl sites for hydroxylation is 1. The van der Waals surface area contributed by atoms with Crippen molar-refractivity contribution in [2.45, 2.75) is 26.9 Å². The van der Waals surface area contributed by atoms with E-state index >= 15 is 0 Å². The Balaban J connectivity index is 2.36. The zero-order valence-corrected chi connectivity index (χ0v) is 15.4. The van der Waals surface area contributed by atoms with Crippen LogP contribution < -0.4 is 14.8 Å². The molecule has 26 heavy (non-hydrogen) atoms. The van der Waals surface area contributed by atoms with Gasteiger partial charge in [-0.25, -0.2) is 0 Å². The van der Waals surface area contributed by atoms with E-state index < -0.39 is 5.91 Å². The number of methoxy groups -OCH3 is 1. The van der Waals surface area contributed by atoms with Gasteiger partial charge in [0.05, 0.1) is 13.2 Å². The van der Waals surface area contributed by atoms with E-state index in [4.69, 9.17) is 9.47 Å². The number of carbonyl (C=O) groups excluding carboxylic acids is 1. The fourth-order valence-electron chi connectivity index (χ4n) is 2.39. The number of hydrogen-bond donors (Lipinski definition) is 1. The average molecular weight is 350 g/mol. The van der Waals surface area contributed by atoms with Gasteiger partial charge in [-0.2, -0.15) is 5.26 Å². The van der Waals surface area contributed by atoms with Gasteiger partial charge in [-0.15, -0.1) is 0 Å². The average Bonchev–Trinajstić information content (AvgIpc) is 2.60. The minimum absolute atomic E-state index is 0.0200. The topological polar surface area (TPSA) is 71.3 Å². The summed E-state index contributed by atoms with van der Waals surface area (Å²) in [5, 5.41) is 12.2. The number of nitriles is 1. The largest absolute Gasteiger partial charge is 0.493 e. The first-order chi connectivity index (χ1) is 12.4. The molecule has 0 saturated carbocycles. The van der Waals surface area contributed by atoms with Crippen molar-refractivity contribution >= 4 is 17.7 Å². The van der Waals surface area contributed by atoms with Crippen molar-refractivity contribution in [1.82, 2.24) is 0 Å². The van der Waals surface area contributed by atoms with Crippen LogP contribution in [-0.4, -0.2) is 19.1 Å². The molecular formula is C21H22N2O3. The van der Waals surface area contributed by atoms with Gasteiger partial charge in [0.25, 0.3) is 5.91 Å². The lowest BCUT2D eigenvalue weighted by Crippen LogP contribution is -2.14. The Hall–Kier alpha value is -3.26. The highest BCUT2D eigenvalue weighted by Crippen LogP contribution is 2.33. The highest BCUT2D eigenvalue weighted by Gasteiger charge is 2.15. The Morgan fingerprint density at radius 3 is 2.58 bits per heavy atom. The van der Waals surface area contributed by atoms with E-state index in [1.54, 1.807) is 31.4 Å². The van der Waals surface area contributed by atoms with Gasteiger partial charge in [0, 0.05) is 11.3 Å². The van der Waals surface area contributed by atoms with Gasteiger partial charge in [-0.1, -0.05) is 24.3 Å². The number of carbonyl (C=O) groups is 1. The quantitative estimate of drug-likeness (QED) is 0.621. The van der Waals surface area contributed by atoms with Crippen LogP contribution in [0.25, 0.3) is 6.08 Å². The van der Waals surface area contributed by atoms with Crippen LogP contribution in [0.4, 0.5) is 5.69 Å². The number of nitrogens with one attached hydrogen (secondary N) is 1. The van der Waals surface area contributed by atoms with Crippen molar-refractivity contribution < 1.29 is 14.3 Å². The molecule has 2 aromatic rings. The summed E-state index contributed by atoms with van der Waals surface area (Å²) in [4.78, 5) is 12.5. The number of para-hydroxylation sites is 1. The van der Waals surface area contributed by atoms with Gasteiger partial charge in [-0.3, -0.25) is 4.79 Å². The van der Waals surface area contributed by atoms with Crippen LogP contribution in [0.2, 0.25) is 0 Å². The van der Waals surface area contributed by atoms with Gasteiger partial charge >= 0.3 is 0 Å². The maximum Gasteiger partial charge on any atom is 0.266 e. The highest BCUT2D eigenvalue weighted by molar-refractivity contribution is 6.09. The normalized spacial score (nSPS) is 11.0. The molecule has 0 heterocycles. The van der Waals surface area contributed by atoms with Crippen LogP contribution in [0.5, 0.6) is 11.5 Å². The molecule has 0 unspecified atom stereocenters. The summed E-state index contributed by atoms with van der Waals surface area (Å²) in [6, 6.07) is 14.7. The first kappa shape index (κ1) is 19.1. The van der Waals surface area contributed by atoms with Crippen molar-refractivity contribution in [2.24, 2.45) is 0 Å². The number of anilines is 1. The van der Waals surface area contributed by atoms with E-state index in [0.717, 1.165) is 5.56 Å². The second kappa shape index (κ2) is 8.72. The van der Waals surface area contributed by atoms with E-state index in [0.29, 0.717) is 22.7 Å². The summed E-state index contributed by atoms with van der Waals surface area (Å²) in [5.41, 5.74) is 2.24. The number of nitrogens with zero attached hydrogens (tertiary/aromatic N) is 1. The molecule has 0 aliphatic carbocycles. The summed E-state index contributed by atoms with van der Waals surface area (Å²) in [5.74, 6) is 0.571. The molecule has 2 aromatic carbocycles. The summed E-state index contributed by atoms with van der Waals surface area (Å²) >= 11 is 0. The molecule has 2 rings (SSSR count). The molecule has 5 nitrogen and oxygen atoms in total. The Labute approximate surface area is 153 Å². The summed E-state index contributed by atoms with van der Waals surface area (Å²) in [6.07, 6.45) is 1.43. The first-order valence-corrected chi connectivity index (χ1v) is 8.28. The lowest BCUT2D eigenvalue weighted by atomic mass is 10.1. The van der Waals surface area contributed by atoms with Crippen molar-refractivity contribution in [3.63, 3.8) is 0 Å². The van der Waals surface area contributed by atoms with Crippen LogP contribution in [0.15, 0.2) is 48.0 Å². The second-order valence-electron chi connectivity index (χ2n) is 6.04. The minimum Gasteiger partial charge on any atom is -0.493 e. The number of hydrogen-bond acceptors (Lipinski definition) is 4. The van der Waals surface area contributed by atoms with Crippen molar-refractivity contribution in [1.29, 1.82) is 5.26 Å². The van der Waals surface area contributed by atoms with Crippen molar-refractivity contribution in [3.05, 3.63) is 59.2 Å². The fourth-order valence-corrected chi connectivity index (χ4v) is 2.39. The molecule has 0 aliphatic heterocycles. The SMILES string of the molecule is COc1cccc(/C=C(\C#N)C(=O)Nc2cccc(C)c2)c1OC(C)C. The third-order valence-electron chi connectivity index (χ3n) is 3.52. The third kappa shape index (κ3) is 4.87. The van der Waals surface area contributed by atoms with Gasteiger partial charge in [0.15, 0.2) is 11.5 Å². The zero-order chi connectivity index (χ0) is 19.1. The number of ether oxygens (including phenoxy) is 2. The van der Waals surface area contributed by atoms with E-state index in [2.05, 4.69) is 5.32 Å². The standard InChI is InChI=1S/C21H22N2O3/c1-14(2)26-20-16(8-6-10-19(20)25-4)12-17(13-22)21(24)23-18-9-5-7-15(3)11-18/h5-12,14H,1-4H3,(H,23,24)/b17-12+. The summed E-state index contributed by atoms with van der Waals surface area (Å²) in [7, 11) is 1.55. The Morgan fingerprint density at radius 2 is 1.96 bits per heavy atom. The van der Waals surface area contributed by atoms with Crippen LogP contribution in [0, 0.1) is 18.3 Å². The minimum atomic E-state index is -0.476. The molecule has 0 saturated heterocycles. The number of amides is 1. The highest BCUT2D eigenvalue weighted by atomic mass is 16.5.